The van der Waals surface area contributed by atoms with Gasteiger partial charge in [0.2, 0.25) is 5.82 Å². The van der Waals surface area contributed by atoms with Crippen LogP contribution in [0.3, 0.4) is 0 Å². The van der Waals surface area contributed by atoms with Crippen molar-refractivity contribution in [1.82, 2.24) is 4.98 Å². The second kappa shape index (κ2) is 5.74. The molecule has 2 aromatic rings. The van der Waals surface area contributed by atoms with Crippen LogP contribution in [-0.4, -0.2) is 18.3 Å². The van der Waals surface area contributed by atoms with Crippen molar-refractivity contribution in [3.8, 4) is 0 Å². The maximum atomic E-state index is 13.5. The lowest BCUT2D eigenvalue weighted by atomic mass is 10.3. The molecule has 0 aliphatic carbocycles. The van der Waals surface area contributed by atoms with Crippen LogP contribution in [0.5, 0.6) is 0 Å². The Morgan fingerprint density at radius 3 is 2.62 bits per heavy atom. The van der Waals surface area contributed by atoms with Gasteiger partial charge in [-0.25, -0.2) is 8.42 Å². The fourth-order valence-electron chi connectivity index (χ4n) is 1.46. The molecule has 21 heavy (non-hydrogen) atoms. The molecule has 0 aliphatic rings. The van der Waals surface area contributed by atoms with Gasteiger partial charge in [0.05, 0.1) is 20.0 Å². The average Bonchev–Trinajstić information content (AvgIpc) is 2.40. The molecule has 0 saturated heterocycles. The molecule has 1 heterocycles. The largest absolute Gasteiger partial charge is 0.304 e. The van der Waals surface area contributed by atoms with Gasteiger partial charge in [0.1, 0.15) is 0 Å². The maximum absolute atomic E-state index is 13.5. The van der Waals surface area contributed by atoms with Crippen LogP contribution in [0.25, 0.3) is 0 Å². The maximum Gasteiger partial charge on any atom is 0.304 e. The molecule has 0 aliphatic heterocycles. The van der Waals surface area contributed by atoms with E-state index in [-0.39, 0.29) is 5.69 Å². The fraction of sp³-hybridized carbons (Fsp3) is 0. The van der Waals surface area contributed by atoms with E-state index < -0.39 is 31.3 Å². The Morgan fingerprint density at radius 1 is 1.33 bits per heavy atom. The number of halogens is 2. The molecule has 0 fully saturated rings. The second-order valence-electron chi connectivity index (χ2n) is 3.83. The van der Waals surface area contributed by atoms with Gasteiger partial charge in [0, 0.05) is 24.5 Å². The van der Waals surface area contributed by atoms with Gasteiger partial charge >= 0.3 is 5.69 Å². The van der Waals surface area contributed by atoms with Crippen LogP contribution in [-0.2, 0) is 10.0 Å². The summed E-state index contributed by atoms with van der Waals surface area (Å²) in [5, 5.41) is 10.5. The van der Waals surface area contributed by atoms with Crippen molar-refractivity contribution in [1.29, 1.82) is 0 Å². The molecule has 0 saturated carbocycles. The first-order valence-electron chi connectivity index (χ1n) is 5.37. The van der Waals surface area contributed by atoms with Gasteiger partial charge in [-0.05, 0) is 28.1 Å². The topological polar surface area (TPSA) is 102 Å². The first-order chi connectivity index (χ1) is 9.81. The van der Waals surface area contributed by atoms with E-state index >= 15 is 0 Å². The predicted molar refractivity (Wildman–Crippen MR) is 75.8 cm³/mol. The summed E-state index contributed by atoms with van der Waals surface area (Å²) in [5.74, 6) is -1.23. The molecule has 0 unspecified atom stereocenters. The van der Waals surface area contributed by atoms with Crippen LogP contribution in [0.1, 0.15) is 0 Å². The fourth-order valence-corrected chi connectivity index (χ4v) is 3.04. The van der Waals surface area contributed by atoms with Gasteiger partial charge in [-0.3, -0.25) is 19.8 Å². The first-order valence-corrected chi connectivity index (χ1v) is 7.65. The quantitative estimate of drug-likeness (QED) is 0.653. The minimum Gasteiger partial charge on any atom is -0.278 e. The number of pyridine rings is 1. The number of anilines is 1. The lowest BCUT2D eigenvalue weighted by Gasteiger charge is -2.09. The van der Waals surface area contributed by atoms with Crippen molar-refractivity contribution in [3.63, 3.8) is 0 Å². The molecule has 0 amide bonds. The van der Waals surface area contributed by atoms with Gasteiger partial charge in [-0.2, -0.15) is 4.39 Å². The van der Waals surface area contributed by atoms with Crippen LogP contribution < -0.4 is 4.72 Å². The van der Waals surface area contributed by atoms with E-state index in [0.29, 0.717) is 10.5 Å². The van der Waals surface area contributed by atoms with Gasteiger partial charge in [-0.1, -0.05) is 0 Å². The second-order valence-corrected chi connectivity index (χ2v) is 6.37. The summed E-state index contributed by atoms with van der Waals surface area (Å²) in [5.41, 5.74) is -0.581. The molecule has 0 atom stereocenters. The third-order valence-electron chi connectivity index (χ3n) is 2.44. The predicted octanol–water partition coefficient (Wildman–Crippen LogP) is 2.69. The molecule has 110 valence electrons. The van der Waals surface area contributed by atoms with Crippen LogP contribution in [0.4, 0.5) is 15.8 Å². The number of hydrogen-bond donors (Lipinski definition) is 1. The molecule has 1 aromatic carbocycles. The number of nitrogens with zero attached hydrogens (tertiary/aromatic N) is 2. The smallest absolute Gasteiger partial charge is 0.278 e. The summed E-state index contributed by atoms with van der Waals surface area (Å²) in [7, 11) is -4.07. The first kappa shape index (κ1) is 15.3. The Hall–Kier alpha value is -2.07. The van der Waals surface area contributed by atoms with Crippen LogP contribution in [0.15, 0.2) is 46.0 Å². The van der Waals surface area contributed by atoms with Gasteiger partial charge < -0.3 is 0 Å². The summed E-state index contributed by atoms with van der Waals surface area (Å²) >= 11 is 3.11. The Bertz CT molecular complexity index is 813. The third kappa shape index (κ3) is 3.34. The third-order valence-corrected chi connectivity index (χ3v) is 4.44. The summed E-state index contributed by atoms with van der Waals surface area (Å²) < 4.78 is 40.3. The highest BCUT2D eigenvalue weighted by Crippen LogP contribution is 2.25. The van der Waals surface area contributed by atoms with E-state index in [1.165, 1.54) is 18.5 Å². The number of nitro benzene ring substituents is 1. The molecule has 0 bridgehead atoms. The number of nitro groups is 1. The summed E-state index contributed by atoms with van der Waals surface area (Å²) in [6.45, 7) is 0. The van der Waals surface area contributed by atoms with E-state index in [2.05, 4.69) is 25.6 Å². The summed E-state index contributed by atoms with van der Waals surface area (Å²) in [4.78, 5) is 12.9. The highest BCUT2D eigenvalue weighted by Gasteiger charge is 2.21. The Labute approximate surface area is 127 Å². The van der Waals surface area contributed by atoms with Crippen molar-refractivity contribution < 1.29 is 17.7 Å². The normalized spacial score (nSPS) is 11.1. The summed E-state index contributed by atoms with van der Waals surface area (Å²) in [6.07, 6.45) is 2.76. The van der Waals surface area contributed by atoms with Crippen LogP contribution in [0.2, 0.25) is 0 Å². The molecule has 2 rings (SSSR count). The molecular formula is C11H7BrFN3O4S. The monoisotopic (exact) mass is 375 g/mol. The number of rotatable bonds is 4. The Balaban J connectivity index is 2.39. The molecule has 7 nitrogen and oxygen atoms in total. The Kier molecular flexibility index (Phi) is 4.19. The van der Waals surface area contributed by atoms with Gasteiger partial charge in [0.25, 0.3) is 10.0 Å². The van der Waals surface area contributed by atoms with Crippen molar-refractivity contribution in [2.45, 2.75) is 4.90 Å². The SMILES string of the molecule is O=[N+]([O-])c1ccc(S(=O)(=O)Nc2ccncc2Br)cc1F. The van der Waals surface area contributed by atoms with Gasteiger partial charge in [-0.15, -0.1) is 0 Å². The summed E-state index contributed by atoms with van der Waals surface area (Å²) in [6, 6.07) is 3.75. The molecular weight excluding hydrogens is 369 g/mol. The zero-order chi connectivity index (χ0) is 15.6. The number of nitrogens with one attached hydrogen (secondary N) is 1. The average molecular weight is 376 g/mol. The number of benzene rings is 1. The highest BCUT2D eigenvalue weighted by atomic mass is 79.9. The number of sulfonamides is 1. The molecule has 0 radical (unpaired) electrons. The number of aromatic nitrogens is 1. The minimum absolute atomic E-state index is 0.212. The van der Waals surface area contributed by atoms with Crippen LogP contribution in [0, 0.1) is 15.9 Å². The van der Waals surface area contributed by atoms with Crippen molar-refractivity contribution in [2.24, 2.45) is 0 Å². The van der Waals surface area contributed by atoms with Crippen LogP contribution >= 0.6 is 15.9 Å². The van der Waals surface area contributed by atoms with Crippen molar-refractivity contribution >= 4 is 37.3 Å². The van der Waals surface area contributed by atoms with E-state index in [1.807, 2.05) is 0 Å². The highest BCUT2D eigenvalue weighted by molar-refractivity contribution is 9.10. The van der Waals surface area contributed by atoms with E-state index in [0.717, 1.165) is 12.1 Å². The van der Waals surface area contributed by atoms with E-state index in [9.17, 15) is 22.9 Å². The lowest BCUT2D eigenvalue weighted by Crippen LogP contribution is -2.13. The standard InChI is InChI=1S/C11H7BrFN3O4S/c12-8-6-14-4-3-10(8)15-21(19,20)7-1-2-11(16(17)18)9(13)5-7/h1-6H,(H,14,15). The molecule has 1 N–H and O–H groups in total. The molecule has 0 spiro atoms. The lowest BCUT2D eigenvalue weighted by molar-refractivity contribution is -0.387. The zero-order valence-corrected chi connectivity index (χ0v) is 12.6. The van der Waals surface area contributed by atoms with Gasteiger partial charge in [0.15, 0.2) is 0 Å². The van der Waals surface area contributed by atoms with E-state index in [4.69, 9.17) is 0 Å². The van der Waals surface area contributed by atoms with E-state index in [1.54, 1.807) is 0 Å². The Morgan fingerprint density at radius 2 is 2.05 bits per heavy atom. The number of hydrogen-bond acceptors (Lipinski definition) is 5. The van der Waals surface area contributed by atoms with Crippen molar-refractivity contribution in [2.75, 3.05) is 4.72 Å². The zero-order valence-electron chi connectivity index (χ0n) is 10.2. The minimum atomic E-state index is -4.07. The molecule has 10 heteroatoms. The molecule has 1 aromatic heterocycles. The van der Waals surface area contributed by atoms with Crippen molar-refractivity contribution in [3.05, 3.63) is 57.1 Å².